The summed E-state index contributed by atoms with van der Waals surface area (Å²) < 4.78 is 13.4. The third-order valence-corrected chi connectivity index (χ3v) is 4.61. The molecule has 0 amide bonds. The van der Waals surface area contributed by atoms with Crippen molar-refractivity contribution in [1.29, 1.82) is 0 Å². The molecule has 0 fully saturated rings. The first-order valence-corrected chi connectivity index (χ1v) is 8.86. The average molecular weight is 347 g/mol. The summed E-state index contributed by atoms with van der Waals surface area (Å²) in [4.78, 5) is 12.4. The van der Waals surface area contributed by atoms with Gasteiger partial charge in [0.15, 0.2) is 0 Å². The van der Waals surface area contributed by atoms with Crippen LogP contribution in [0, 0.1) is 6.92 Å². The highest BCUT2D eigenvalue weighted by molar-refractivity contribution is 5.37. The standard InChI is InChI=1S/C22H21NO3/c1-16-5-4-7-18(13-16)23-12-11-19(14-22(23)24)25-15-20-10-9-17-6-2-3-8-21(17)26-20/h2-8,11-14,20H,9-10,15H2,1H3. The van der Waals surface area contributed by atoms with E-state index < -0.39 is 0 Å². The van der Waals surface area contributed by atoms with Gasteiger partial charge in [-0.3, -0.25) is 9.36 Å². The van der Waals surface area contributed by atoms with E-state index in [1.807, 2.05) is 55.5 Å². The van der Waals surface area contributed by atoms with E-state index in [-0.39, 0.29) is 11.7 Å². The van der Waals surface area contributed by atoms with Crippen molar-refractivity contribution in [2.75, 3.05) is 6.61 Å². The maximum Gasteiger partial charge on any atom is 0.258 e. The zero-order valence-electron chi connectivity index (χ0n) is 14.7. The van der Waals surface area contributed by atoms with Crippen molar-refractivity contribution in [1.82, 2.24) is 4.57 Å². The number of hydrogen-bond donors (Lipinski definition) is 0. The van der Waals surface area contributed by atoms with Gasteiger partial charge in [-0.2, -0.15) is 0 Å². The van der Waals surface area contributed by atoms with E-state index in [4.69, 9.17) is 9.47 Å². The third-order valence-electron chi connectivity index (χ3n) is 4.61. The predicted molar refractivity (Wildman–Crippen MR) is 101 cm³/mol. The zero-order valence-corrected chi connectivity index (χ0v) is 14.7. The summed E-state index contributed by atoms with van der Waals surface area (Å²) in [5, 5.41) is 0. The smallest absolute Gasteiger partial charge is 0.258 e. The summed E-state index contributed by atoms with van der Waals surface area (Å²) in [5.74, 6) is 1.50. The van der Waals surface area contributed by atoms with Crippen LogP contribution in [0.25, 0.3) is 5.69 Å². The van der Waals surface area contributed by atoms with Gasteiger partial charge in [0.1, 0.15) is 24.2 Å². The fraction of sp³-hybridized carbons (Fsp3) is 0.227. The highest BCUT2D eigenvalue weighted by Crippen LogP contribution is 2.27. The van der Waals surface area contributed by atoms with Crippen LogP contribution in [0.4, 0.5) is 0 Å². The largest absolute Gasteiger partial charge is 0.489 e. The fourth-order valence-electron chi connectivity index (χ4n) is 3.23. The molecule has 0 bridgehead atoms. The van der Waals surface area contributed by atoms with Crippen molar-refractivity contribution >= 4 is 0 Å². The van der Waals surface area contributed by atoms with Crippen LogP contribution in [0.2, 0.25) is 0 Å². The molecule has 1 aromatic heterocycles. The van der Waals surface area contributed by atoms with E-state index in [2.05, 4.69) is 6.07 Å². The van der Waals surface area contributed by atoms with Gasteiger partial charge >= 0.3 is 0 Å². The number of ether oxygens (including phenoxy) is 2. The number of nitrogens with zero attached hydrogens (tertiary/aromatic N) is 1. The van der Waals surface area contributed by atoms with Gasteiger partial charge in [-0.1, -0.05) is 30.3 Å². The molecule has 1 atom stereocenters. The molecule has 0 saturated heterocycles. The highest BCUT2D eigenvalue weighted by atomic mass is 16.5. The molecule has 26 heavy (non-hydrogen) atoms. The lowest BCUT2D eigenvalue weighted by atomic mass is 10.0. The first-order valence-electron chi connectivity index (χ1n) is 8.86. The summed E-state index contributed by atoms with van der Waals surface area (Å²) in [6.07, 6.45) is 3.66. The van der Waals surface area contributed by atoms with Gasteiger partial charge in [-0.15, -0.1) is 0 Å². The van der Waals surface area contributed by atoms with Crippen LogP contribution in [0.5, 0.6) is 11.5 Å². The van der Waals surface area contributed by atoms with Crippen LogP contribution >= 0.6 is 0 Å². The Kier molecular flexibility index (Phi) is 4.48. The number of fused-ring (bicyclic) bond motifs is 1. The number of hydrogen-bond acceptors (Lipinski definition) is 3. The topological polar surface area (TPSA) is 40.5 Å². The normalized spacial score (nSPS) is 15.8. The maximum absolute atomic E-state index is 12.4. The molecule has 132 valence electrons. The van der Waals surface area contributed by atoms with Crippen molar-refractivity contribution in [2.45, 2.75) is 25.9 Å². The number of para-hydroxylation sites is 1. The Morgan fingerprint density at radius 1 is 1.12 bits per heavy atom. The van der Waals surface area contributed by atoms with Crippen LogP contribution in [0.3, 0.4) is 0 Å². The van der Waals surface area contributed by atoms with Gasteiger partial charge in [-0.05, 0) is 55.2 Å². The van der Waals surface area contributed by atoms with Gasteiger partial charge < -0.3 is 9.47 Å². The van der Waals surface area contributed by atoms with Crippen molar-refractivity contribution in [3.05, 3.63) is 88.3 Å². The first kappa shape index (κ1) is 16.5. The maximum atomic E-state index is 12.4. The second kappa shape index (κ2) is 7.08. The predicted octanol–water partition coefficient (Wildman–Crippen LogP) is 3.92. The molecule has 4 nitrogen and oxygen atoms in total. The molecule has 2 aromatic carbocycles. The molecule has 4 heteroatoms. The number of pyridine rings is 1. The van der Waals surface area contributed by atoms with Crippen LogP contribution in [-0.2, 0) is 6.42 Å². The Morgan fingerprint density at radius 2 is 2.00 bits per heavy atom. The van der Waals surface area contributed by atoms with E-state index in [1.165, 1.54) is 11.6 Å². The summed E-state index contributed by atoms with van der Waals surface area (Å²) in [6.45, 7) is 2.44. The zero-order chi connectivity index (χ0) is 17.9. The van der Waals surface area contributed by atoms with Crippen LogP contribution < -0.4 is 15.0 Å². The van der Waals surface area contributed by atoms with Crippen molar-refractivity contribution in [3.8, 4) is 17.2 Å². The van der Waals surface area contributed by atoms with Gasteiger partial charge in [0.2, 0.25) is 0 Å². The summed E-state index contributed by atoms with van der Waals surface area (Å²) in [5.41, 5.74) is 3.10. The number of rotatable bonds is 4. The SMILES string of the molecule is Cc1cccc(-n2ccc(OCC3CCc4ccccc4O3)cc2=O)c1. The summed E-state index contributed by atoms with van der Waals surface area (Å²) >= 11 is 0. The lowest BCUT2D eigenvalue weighted by molar-refractivity contribution is 0.109. The molecule has 1 unspecified atom stereocenters. The Hall–Kier alpha value is -3.01. The molecule has 0 N–H and O–H groups in total. The lowest BCUT2D eigenvalue weighted by Crippen LogP contribution is -2.29. The van der Waals surface area contributed by atoms with Crippen molar-refractivity contribution in [2.24, 2.45) is 0 Å². The number of aromatic nitrogens is 1. The van der Waals surface area contributed by atoms with Gasteiger partial charge in [0, 0.05) is 18.0 Å². The minimum absolute atomic E-state index is 0.00380. The Labute approximate surface area is 152 Å². The number of benzene rings is 2. The highest BCUT2D eigenvalue weighted by Gasteiger charge is 2.19. The molecule has 0 radical (unpaired) electrons. The van der Waals surface area contributed by atoms with E-state index in [1.54, 1.807) is 10.8 Å². The monoisotopic (exact) mass is 347 g/mol. The third kappa shape index (κ3) is 3.49. The minimum Gasteiger partial charge on any atom is -0.489 e. The van der Waals surface area contributed by atoms with Gasteiger partial charge in [0.05, 0.1) is 0 Å². The molecule has 0 saturated carbocycles. The molecule has 3 aromatic rings. The Balaban J connectivity index is 1.43. The fourth-order valence-corrected chi connectivity index (χ4v) is 3.23. The summed E-state index contributed by atoms with van der Waals surface area (Å²) in [6, 6.07) is 19.3. The molecular formula is C22H21NO3. The lowest BCUT2D eigenvalue weighted by Gasteiger charge is -2.26. The molecule has 2 heterocycles. The molecular weight excluding hydrogens is 326 g/mol. The van der Waals surface area contributed by atoms with Crippen LogP contribution in [-0.4, -0.2) is 17.3 Å². The van der Waals surface area contributed by atoms with E-state index in [9.17, 15) is 4.79 Å². The molecule has 1 aliphatic heterocycles. The minimum atomic E-state index is -0.108. The second-order valence-corrected chi connectivity index (χ2v) is 6.61. The van der Waals surface area contributed by atoms with Crippen molar-refractivity contribution < 1.29 is 9.47 Å². The van der Waals surface area contributed by atoms with Gasteiger partial charge in [-0.25, -0.2) is 0 Å². The first-order chi connectivity index (χ1) is 12.7. The molecule has 0 spiro atoms. The number of aryl methyl sites for hydroxylation is 2. The Morgan fingerprint density at radius 3 is 2.85 bits per heavy atom. The quantitative estimate of drug-likeness (QED) is 0.718. The van der Waals surface area contributed by atoms with E-state index >= 15 is 0 Å². The van der Waals surface area contributed by atoms with E-state index in [0.29, 0.717) is 12.4 Å². The summed E-state index contributed by atoms with van der Waals surface area (Å²) in [7, 11) is 0. The van der Waals surface area contributed by atoms with Crippen LogP contribution in [0.15, 0.2) is 71.7 Å². The van der Waals surface area contributed by atoms with Crippen LogP contribution in [0.1, 0.15) is 17.5 Å². The van der Waals surface area contributed by atoms with Gasteiger partial charge in [0.25, 0.3) is 5.56 Å². The van der Waals surface area contributed by atoms with Crippen molar-refractivity contribution in [3.63, 3.8) is 0 Å². The average Bonchev–Trinajstić information content (AvgIpc) is 2.66. The van der Waals surface area contributed by atoms with E-state index in [0.717, 1.165) is 29.8 Å². The Bertz CT molecular complexity index is 977. The molecule has 4 rings (SSSR count). The molecule has 0 aliphatic carbocycles. The molecule has 1 aliphatic rings. The second-order valence-electron chi connectivity index (χ2n) is 6.61.